The third-order valence-corrected chi connectivity index (χ3v) is 6.19. The van der Waals surface area contributed by atoms with E-state index in [1.165, 1.54) is 12.8 Å². The summed E-state index contributed by atoms with van der Waals surface area (Å²) in [4.78, 5) is 15.1. The Hall–Kier alpha value is -2.15. The van der Waals surface area contributed by atoms with Crippen molar-refractivity contribution in [2.75, 3.05) is 23.3 Å². The van der Waals surface area contributed by atoms with Crippen LogP contribution in [0.5, 0.6) is 0 Å². The van der Waals surface area contributed by atoms with Gasteiger partial charge in [0.25, 0.3) is 5.91 Å². The van der Waals surface area contributed by atoms with Crippen LogP contribution in [0.3, 0.4) is 0 Å². The van der Waals surface area contributed by atoms with Gasteiger partial charge in [-0.25, -0.2) is 0 Å². The van der Waals surface area contributed by atoms with Crippen molar-refractivity contribution in [1.82, 2.24) is 5.32 Å². The normalized spacial score (nSPS) is 13.5. The van der Waals surface area contributed by atoms with Crippen molar-refractivity contribution in [1.29, 1.82) is 0 Å². The van der Waals surface area contributed by atoms with Crippen molar-refractivity contribution in [2.24, 2.45) is 0 Å². The lowest BCUT2D eigenvalue weighted by Crippen LogP contribution is -2.34. The molecule has 0 atom stereocenters. The van der Waals surface area contributed by atoms with E-state index in [9.17, 15) is 4.79 Å². The van der Waals surface area contributed by atoms with Crippen LogP contribution in [0.4, 0.5) is 11.4 Å². The lowest BCUT2D eigenvalue weighted by molar-refractivity contribution is 0.0979. The summed E-state index contributed by atoms with van der Waals surface area (Å²) in [6.07, 6.45) is 2.38. The molecule has 0 aromatic heterocycles. The van der Waals surface area contributed by atoms with E-state index in [0.717, 1.165) is 39.7 Å². The predicted octanol–water partition coefficient (Wildman–Crippen LogP) is 5.98. The van der Waals surface area contributed by atoms with Gasteiger partial charge >= 0.3 is 0 Å². The Kier molecular flexibility index (Phi) is 6.04. The minimum atomic E-state index is -0.258. The van der Waals surface area contributed by atoms with Crippen LogP contribution in [0, 0.1) is 0 Å². The Morgan fingerprint density at radius 2 is 1.76 bits per heavy atom. The molecule has 0 saturated carbocycles. The van der Waals surface area contributed by atoms with Crippen LogP contribution in [0.25, 0.3) is 10.8 Å². The van der Waals surface area contributed by atoms with Crippen LogP contribution in [-0.2, 0) is 0 Å². The molecule has 0 spiro atoms. The number of hydrogen-bond donors (Lipinski definition) is 2. The second-order valence-corrected chi connectivity index (χ2v) is 8.58. The molecule has 3 aromatic rings. The van der Waals surface area contributed by atoms with E-state index >= 15 is 0 Å². The van der Waals surface area contributed by atoms with Crippen molar-refractivity contribution >= 4 is 72.9 Å². The standard InChI is InChI=1S/C22H19BrClN3OS/c23-18-8-4-5-15-16(18)6-3-7-17(15)21(28)26-22(29)25-14-9-10-20(19(24)13-14)27-11-1-2-12-27/h3-10,13H,1-2,11-12H2,(H2,25,26,28,29). The fraction of sp³-hybridized carbons (Fsp3) is 0.182. The Morgan fingerprint density at radius 3 is 2.52 bits per heavy atom. The molecule has 0 radical (unpaired) electrons. The topological polar surface area (TPSA) is 44.4 Å². The summed E-state index contributed by atoms with van der Waals surface area (Å²) in [7, 11) is 0. The lowest BCUT2D eigenvalue weighted by atomic mass is 10.0. The SMILES string of the molecule is O=C(NC(=S)Nc1ccc(N2CCCC2)c(Cl)c1)c1cccc2c(Br)cccc12. The van der Waals surface area contributed by atoms with Gasteiger partial charge in [-0.05, 0) is 66.2 Å². The van der Waals surface area contributed by atoms with E-state index in [2.05, 4.69) is 31.5 Å². The van der Waals surface area contributed by atoms with Gasteiger partial charge in [0.2, 0.25) is 0 Å². The van der Waals surface area contributed by atoms with Crippen molar-refractivity contribution in [3.8, 4) is 0 Å². The molecule has 148 valence electrons. The first-order valence-electron chi connectivity index (χ1n) is 9.37. The number of fused-ring (bicyclic) bond motifs is 1. The number of nitrogens with one attached hydrogen (secondary N) is 2. The average molecular weight is 489 g/mol. The molecular weight excluding hydrogens is 470 g/mol. The zero-order valence-electron chi connectivity index (χ0n) is 15.5. The van der Waals surface area contributed by atoms with Crippen LogP contribution < -0.4 is 15.5 Å². The fourth-order valence-corrected chi connectivity index (χ4v) is 4.61. The number of carbonyl (C=O) groups is 1. The zero-order valence-corrected chi connectivity index (χ0v) is 18.7. The number of halogens is 2. The summed E-state index contributed by atoms with van der Waals surface area (Å²) in [5.74, 6) is -0.258. The highest BCUT2D eigenvalue weighted by atomic mass is 79.9. The molecule has 4 rings (SSSR count). The Labute approximate surface area is 188 Å². The molecule has 1 fully saturated rings. The van der Waals surface area contributed by atoms with Gasteiger partial charge < -0.3 is 10.2 Å². The molecule has 7 heteroatoms. The van der Waals surface area contributed by atoms with Gasteiger partial charge in [0.15, 0.2) is 5.11 Å². The highest BCUT2D eigenvalue weighted by Gasteiger charge is 2.16. The van der Waals surface area contributed by atoms with Crippen LogP contribution in [0.15, 0.2) is 59.1 Å². The van der Waals surface area contributed by atoms with E-state index in [-0.39, 0.29) is 11.0 Å². The molecule has 2 N–H and O–H groups in total. The van der Waals surface area contributed by atoms with Crippen molar-refractivity contribution in [3.05, 3.63) is 69.7 Å². The molecule has 1 amide bonds. The van der Waals surface area contributed by atoms with E-state index in [1.54, 1.807) is 6.07 Å². The molecule has 29 heavy (non-hydrogen) atoms. The number of benzene rings is 3. The predicted molar refractivity (Wildman–Crippen MR) is 128 cm³/mol. The molecule has 0 aliphatic carbocycles. The lowest BCUT2D eigenvalue weighted by Gasteiger charge is -2.20. The highest BCUT2D eigenvalue weighted by Crippen LogP contribution is 2.31. The minimum Gasteiger partial charge on any atom is -0.370 e. The van der Waals surface area contributed by atoms with Gasteiger partial charge in [-0.2, -0.15) is 0 Å². The van der Waals surface area contributed by atoms with Crippen molar-refractivity contribution in [3.63, 3.8) is 0 Å². The number of nitrogens with zero attached hydrogens (tertiary/aromatic N) is 1. The van der Waals surface area contributed by atoms with Gasteiger partial charge in [0.1, 0.15) is 0 Å². The smallest absolute Gasteiger partial charge is 0.258 e. The molecule has 1 aliphatic rings. The summed E-state index contributed by atoms with van der Waals surface area (Å²) in [6.45, 7) is 2.06. The van der Waals surface area contributed by atoms with Crippen LogP contribution in [-0.4, -0.2) is 24.1 Å². The molecule has 1 aliphatic heterocycles. The number of hydrogen-bond acceptors (Lipinski definition) is 3. The van der Waals surface area contributed by atoms with Gasteiger partial charge in [0, 0.05) is 28.8 Å². The molecule has 1 heterocycles. The fourth-order valence-electron chi connectivity index (χ4n) is 3.60. The molecule has 1 saturated heterocycles. The Balaban J connectivity index is 1.47. The third kappa shape index (κ3) is 4.39. The van der Waals surface area contributed by atoms with Gasteiger partial charge in [-0.1, -0.05) is 51.8 Å². The number of thiocarbonyl (C=S) groups is 1. The molecule has 3 aromatic carbocycles. The molecule has 4 nitrogen and oxygen atoms in total. The average Bonchev–Trinajstić information content (AvgIpc) is 3.22. The summed E-state index contributed by atoms with van der Waals surface area (Å²) in [6, 6.07) is 17.1. The van der Waals surface area contributed by atoms with E-state index in [4.69, 9.17) is 23.8 Å². The summed E-state index contributed by atoms with van der Waals surface area (Å²) >= 11 is 15.3. The number of amides is 1. The zero-order chi connectivity index (χ0) is 20.4. The number of anilines is 2. The summed E-state index contributed by atoms with van der Waals surface area (Å²) < 4.78 is 0.943. The monoisotopic (exact) mass is 487 g/mol. The van der Waals surface area contributed by atoms with E-state index in [1.807, 2.05) is 48.5 Å². The Bertz CT molecular complexity index is 1100. The quantitative estimate of drug-likeness (QED) is 0.445. The first kappa shape index (κ1) is 20.1. The van der Waals surface area contributed by atoms with Gasteiger partial charge in [0.05, 0.1) is 10.7 Å². The van der Waals surface area contributed by atoms with Crippen LogP contribution in [0.1, 0.15) is 23.2 Å². The van der Waals surface area contributed by atoms with Crippen molar-refractivity contribution < 1.29 is 4.79 Å². The van der Waals surface area contributed by atoms with E-state index < -0.39 is 0 Å². The highest BCUT2D eigenvalue weighted by molar-refractivity contribution is 9.10. The third-order valence-electron chi connectivity index (χ3n) is 4.99. The second kappa shape index (κ2) is 8.69. The molecular formula is C22H19BrClN3OS. The largest absolute Gasteiger partial charge is 0.370 e. The molecule has 0 bridgehead atoms. The maximum Gasteiger partial charge on any atom is 0.258 e. The second-order valence-electron chi connectivity index (χ2n) is 6.91. The van der Waals surface area contributed by atoms with Crippen LogP contribution >= 0.6 is 39.7 Å². The maximum absolute atomic E-state index is 12.8. The van der Waals surface area contributed by atoms with Gasteiger partial charge in [-0.15, -0.1) is 0 Å². The molecule has 0 unspecified atom stereocenters. The van der Waals surface area contributed by atoms with Gasteiger partial charge in [-0.3, -0.25) is 10.1 Å². The summed E-state index contributed by atoms with van der Waals surface area (Å²) in [5, 5.41) is 8.54. The number of carbonyl (C=O) groups excluding carboxylic acids is 1. The van der Waals surface area contributed by atoms with E-state index in [0.29, 0.717) is 10.6 Å². The Morgan fingerprint density at radius 1 is 1.03 bits per heavy atom. The van der Waals surface area contributed by atoms with Crippen molar-refractivity contribution in [2.45, 2.75) is 12.8 Å². The van der Waals surface area contributed by atoms with Crippen LogP contribution in [0.2, 0.25) is 5.02 Å². The maximum atomic E-state index is 12.8. The summed E-state index contributed by atoms with van der Waals surface area (Å²) in [5.41, 5.74) is 2.34. The minimum absolute atomic E-state index is 0.229. The number of rotatable bonds is 3. The first-order valence-corrected chi connectivity index (χ1v) is 10.9. The first-order chi connectivity index (χ1) is 14.0.